The molecule has 266 valence electrons. The van der Waals surface area contributed by atoms with Gasteiger partial charge in [-0.05, 0) is 72.0 Å². The van der Waals surface area contributed by atoms with E-state index in [2.05, 4.69) is 15.5 Å². The molecule has 0 spiro atoms. The van der Waals surface area contributed by atoms with E-state index in [1.165, 1.54) is 36.2 Å². The van der Waals surface area contributed by atoms with Crippen LogP contribution in [0.2, 0.25) is 0 Å². The lowest BCUT2D eigenvalue weighted by Gasteiger charge is -2.33. The number of anilines is 1. The number of rotatable bonds is 5. The van der Waals surface area contributed by atoms with Gasteiger partial charge in [-0.3, -0.25) is 9.69 Å². The molecular weight excluding hydrogens is 680 g/mol. The van der Waals surface area contributed by atoms with Gasteiger partial charge in [0.2, 0.25) is 5.91 Å². The second-order valence-corrected chi connectivity index (χ2v) is 12.1. The maximum atomic E-state index is 13.8. The van der Waals surface area contributed by atoms with Gasteiger partial charge in [0.15, 0.2) is 0 Å². The molecule has 0 N–H and O–H groups in total. The number of likely N-dealkylation sites (N-methyl/N-ethyl adjacent to an activating group) is 1. The summed E-state index contributed by atoms with van der Waals surface area (Å²) in [7, 11) is 2.31. The van der Waals surface area contributed by atoms with Crippen molar-refractivity contribution in [1.29, 1.82) is 0 Å². The number of tetrazole rings is 1. The topological polar surface area (TPSA) is 87.5 Å². The van der Waals surface area contributed by atoms with Crippen LogP contribution in [-0.2, 0) is 23.3 Å². The van der Waals surface area contributed by atoms with Crippen LogP contribution in [0.25, 0.3) is 0 Å². The fourth-order valence-corrected chi connectivity index (χ4v) is 6.47. The molecule has 2 fully saturated rings. The van der Waals surface area contributed by atoms with Gasteiger partial charge in [-0.25, -0.2) is 13.9 Å². The largest absolute Gasteiger partial charge is 0.453 e. The summed E-state index contributed by atoms with van der Waals surface area (Å²) >= 11 is 0. The van der Waals surface area contributed by atoms with Crippen molar-refractivity contribution >= 4 is 17.6 Å². The molecule has 2 aliphatic rings. The number of likely N-dealkylation sites (tertiary alicyclic amines) is 1. The number of carbonyl (C=O) groups excluding carboxylic acids is 2. The molecule has 9 nitrogen and oxygen atoms in total. The second kappa shape index (κ2) is 13.1. The van der Waals surface area contributed by atoms with E-state index in [1.54, 1.807) is 0 Å². The maximum absolute atomic E-state index is 13.8. The molecule has 5 rings (SSSR count). The minimum absolute atomic E-state index is 0.0311. The molecule has 1 aliphatic heterocycles. The number of benzene rings is 2. The quantitative estimate of drug-likeness (QED) is 0.273. The number of carbonyl (C=O) groups is 2. The Bertz CT molecular complexity index is 1630. The van der Waals surface area contributed by atoms with Gasteiger partial charge in [-0.1, -0.05) is 12.1 Å². The third-order valence-electron chi connectivity index (χ3n) is 9.08. The Balaban J connectivity index is 1.36. The summed E-state index contributed by atoms with van der Waals surface area (Å²) in [5, 5.41) is 9.68. The summed E-state index contributed by atoms with van der Waals surface area (Å²) in [6, 6.07) is 3.51. The molecule has 3 amide bonds. The monoisotopic (exact) mass is 709 g/mol. The standard InChI is InChI=1S/C30H29F10N7O2/c1-44(22-12-18(28(32,33)34)11-19(13-22)29(35,36)37)27(49)45(2)24-15-46(14-23(24)16-3-7-20(31)8-4-16)25(48)17-5-9-21(10-6-17)47-26(30(38,39)40)41-42-43-47/h3-4,7-8,11-13,17,21,23-24H,5-6,9-10,14-15H2,1-2H3/t17?,21?,23-,24+/m0/s1. The zero-order chi connectivity index (χ0) is 36.1. The highest BCUT2D eigenvalue weighted by Gasteiger charge is 2.45. The number of urea groups is 1. The molecule has 1 aromatic heterocycles. The molecule has 49 heavy (non-hydrogen) atoms. The lowest BCUT2D eigenvalue weighted by molar-refractivity contribution is -0.149. The molecular formula is C30H29F10N7O2. The average molecular weight is 710 g/mol. The van der Waals surface area contributed by atoms with E-state index < -0.39 is 76.9 Å². The Morgan fingerprint density at radius 2 is 1.37 bits per heavy atom. The van der Waals surface area contributed by atoms with Gasteiger partial charge in [0.25, 0.3) is 5.82 Å². The van der Waals surface area contributed by atoms with Crippen molar-refractivity contribution in [2.24, 2.45) is 5.92 Å². The number of nitrogens with zero attached hydrogens (tertiary/aromatic N) is 7. The molecule has 2 heterocycles. The smallest absolute Gasteiger partial charge is 0.340 e. The maximum Gasteiger partial charge on any atom is 0.453 e. The first-order chi connectivity index (χ1) is 22.8. The minimum Gasteiger partial charge on any atom is -0.340 e. The van der Waals surface area contributed by atoms with Gasteiger partial charge in [0.05, 0.1) is 23.2 Å². The first kappa shape index (κ1) is 35.8. The second-order valence-electron chi connectivity index (χ2n) is 12.1. The first-order valence-corrected chi connectivity index (χ1v) is 14.9. The molecule has 3 aromatic rings. The van der Waals surface area contributed by atoms with Gasteiger partial charge in [0, 0.05) is 44.7 Å². The van der Waals surface area contributed by atoms with Gasteiger partial charge in [-0.2, -0.15) is 39.5 Å². The Hall–Kier alpha value is -4.45. The predicted octanol–water partition coefficient (Wildman–Crippen LogP) is 6.78. The Labute approximate surface area is 272 Å². The Morgan fingerprint density at radius 1 is 0.796 bits per heavy atom. The molecule has 0 bridgehead atoms. The fraction of sp³-hybridized carbons (Fsp3) is 0.500. The van der Waals surface area contributed by atoms with E-state index in [-0.39, 0.29) is 50.7 Å². The van der Waals surface area contributed by atoms with Crippen molar-refractivity contribution in [3.63, 3.8) is 0 Å². The summed E-state index contributed by atoms with van der Waals surface area (Å²) in [4.78, 5) is 30.6. The van der Waals surface area contributed by atoms with Crippen LogP contribution in [0, 0.1) is 11.7 Å². The summed E-state index contributed by atoms with van der Waals surface area (Å²) in [5.41, 5.74) is -3.36. The van der Waals surface area contributed by atoms with E-state index in [4.69, 9.17) is 0 Å². The fourth-order valence-electron chi connectivity index (χ4n) is 6.47. The van der Waals surface area contributed by atoms with Crippen molar-refractivity contribution in [2.45, 2.75) is 62.2 Å². The van der Waals surface area contributed by atoms with Gasteiger partial charge >= 0.3 is 24.6 Å². The van der Waals surface area contributed by atoms with E-state index in [0.29, 0.717) is 27.3 Å². The number of hydrogen-bond donors (Lipinski definition) is 0. The molecule has 2 atom stereocenters. The molecule has 1 saturated heterocycles. The lowest BCUT2D eigenvalue weighted by atomic mass is 9.85. The summed E-state index contributed by atoms with van der Waals surface area (Å²) < 4.78 is 135. The van der Waals surface area contributed by atoms with Crippen LogP contribution in [0.1, 0.15) is 60.2 Å². The highest BCUT2D eigenvalue weighted by Crippen LogP contribution is 2.41. The zero-order valence-electron chi connectivity index (χ0n) is 25.8. The van der Waals surface area contributed by atoms with E-state index in [1.807, 2.05) is 0 Å². The van der Waals surface area contributed by atoms with Crippen molar-refractivity contribution < 1.29 is 53.5 Å². The van der Waals surface area contributed by atoms with Gasteiger partial charge < -0.3 is 9.80 Å². The van der Waals surface area contributed by atoms with E-state index in [0.717, 1.165) is 11.9 Å². The molecule has 1 aliphatic carbocycles. The highest BCUT2D eigenvalue weighted by atomic mass is 19.4. The molecule has 0 radical (unpaired) electrons. The SMILES string of the molecule is CN(C(=O)N(C)[C@@H]1CN(C(=O)C2CCC(n3nnnc3C(F)(F)F)CC2)C[C@H]1c1ccc(F)cc1)c1cc(C(F)(F)F)cc(C(F)(F)F)c1. The minimum atomic E-state index is -5.14. The number of halogens is 10. The van der Waals surface area contributed by atoms with Crippen LogP contribution in [0.3, 0.4) is 0 Å². The number of amides is 3. The predicted molar refractivity (Wildman–Crippen MR) is 151 cm³/mol. The van der Waals surface area contributed by atoms with Gasteiger partial charge in [-0.15, -0.1) is 5.10 Å². The highest BCUT2D eigenvalue weighted by molar-refractivity contribution is 5.92. The Morgan fingerprint density at radius 3 is 1.90 bits per heavy atom. The zero-order valence-corrected chi connectivity index (χ0v) is 25.8. The normalized spacial score (nSPS) is 21.9. The number of alkyl halides is 9. The van der Waals surface area contributed by atoms with Crippen LogP contribution < -0.4 is 4.90 Å². The average Bonchev–Trinajstić information content (AvgIpc) is 3.72. The Kier molecular flexibility index (Phi) is 9.59. The van der Waals surface area contributed by atoms with Crippen LogP contribution >= 0.6 is 0 Å². The summed E-state index contributed by atoms with van der Waals surface area (Å²) in [6.07, 6.45) is -14.3. The molecule has 2 aromatic carbocycles. The molecule has 0 unspecified atom stereocenters. The molecule has 19 heteroatoms. The van der Waals surface area contributed by atoms with Crippen molar-refractivity contribution in [2.75, 3.05) is 32.1 Å². The van der Waals surface area contributed by atoms with Crippen LogP contribution in [0.5, 0.6) is 0 Å². The third kappa shape index (κ3) is 7.59. The van der Waals surface area contributed by atoms with E-state index >= 15 is 0 Å². The van der Waals surface area contributed by atoms with E-state index in [9.17, 15) is 53.5 Å². The molecule has 1 saturated carbocycles. The summed E-state index contributed by atoms with van der Waals surface area (Å²) in [6.45, 7) is -0.0537. The number of hydrogen-bond acceptors (Lipinski definition) is 5. The van der Waals surface area contributed by atoms with Crippen LogP contribution in [0.15, 0.2) is 42.5 Å². The summed E-state index contributed by atoms with van der Waals surface area (Å²) in [5.74, 6) is -3.38. The number of aromatic nitrogens is 4. The van der Waals surface area contributed by atoms with Crippen molar-refractivity contribution in [3.05, 3.63) is 70.8 Å². The third-order valence-corrected chi connectivity index (χ3v) is 9.08. The lowest BCUT2D eigenvalue weighted by Crippen LogP contribution is -2.48. The van der Waals surface area contributed by atoms with Crippen LogP contribution in [-0.4, -0.2) is 75.2 Å². The first-order valence-electron chi connectivity index (χ1n) is 14.9. The van der Waals surface area contributed by atoms with Crippen molar-refractivity contribution in [1.82, 2.24) is 30.0 Å². The van der Waals surface area contributed by atoms with Gasteiger partial charge in [0.1, 0.15) is 5.82 Å². The van der Waals surface area contributed by atoms with Crippen LogP contribution in [0.4, 0.5) is 54.4 Å². The van der Waals surface area contributed by atoms with Crippen molar-refractivity contribution in [3.8, 4) is 0 Å².